The first-order chi connectivity index (χ1) is 20.7. The first-order valence-corrected chi connectivity index (χ1v) is 16.0. The van der Waals surface area contributed by atoms with Crippen LogP contribution < -0.4 is 15.4 Å². The highest BCUT2D eigenvalue weighted by Crippen LogP contribution is 2.65. The Kier molecular flexibility index (Phi) is 9.95. The smallest absolute Gasteiger partial charge is 0.245 e. The lowest BCUT2D eigenvalue weighted by atomic mass is 9.62. The van der Waals surface area contributed by atoms with Crippen LogP contribution in [0.15, 0.2) is 24.3 Å². The molecular weight excluding hydrogens is 552 g/mol. The molecule has 0 aromatic heterocycles. The van der Waals surface area contributed by atoms with Crippen LogP contribution in [0.25, 0.3) is 0 Å². The van der Waals surface area contributed by atoms with Gasteiger partial charge in [-0.2, -0.15) is 0 Å². The number of carbonyl (C=O) groups excluding carboxylic acids is 3. The molecule has 4 fully saturated rings. The Bertz CT molecular complexity index is 1140. The standard InChI is InChI=1S/C32H48N4O7/c1-4-42-24-11-9-23(10-12-24)34-28(38)25-26-30(40)36(14-7-5-6-8-18-37)27(32(26)21-22(2)31(25,3)43-32)29(39)33-13-15-35-16-19-41-20-17-35/h9-12,22,25-27,37H,4-8,13-21H2,1-3H3,(H,33,39)(H,34,38)/t22?,25-,26-,27?,31+,32?/m0/s1. The van der Waals surface area contributed by atoms with Gasteiger partial charge in [0, 0.05) is 45.0 Å². The van der Waals surface area contributed by atoms with Gasteiger partial charge in [-0.1, -0.05) is 19.8 Å². The van der Waals surface area contributed by atoms with Gasteiger partial charge in [0.2, 0.25) is 17.7 Å². The Labute approximate surface area is 254 Å². The molecule has 4 heterocycles. The third-order valence-electron chi connectivity index (χ3n) is 9.92. The lowest BCUT2D eigenvalue weighted by molar-refractivity contribution is -0.146. The Balaban J connectivity index is 1.37. The van der Waals surface area contributed by atoms with Gasteiger partial charge in [0.1, 0.15) is 17.4 Å². The number of nitrogens with zero attached hydrogens (tertiary/aromatic N) is 2. The molecule has 0 aliphatic carbocycles. The number of unbranched alkanes of at least 4 members (excludes halogenated alkanes) is 3. The molecular formula is C32H48N4O7. The van der Waals surface area contributed by atoms with E-state index in [2.05, 4.69) is 22.5 Å². The van der Waals surface area contributed by atoms with E-state index in [1.165, 1.54) is 0 Å². The van der Waals surface area contributed by atoms with Crippen molar-refractivity contribution in [1.82, 2.24) is 15.1 Å². The molecule has 4 saturated heterocycles. The van der Waals surface area contributed by atoms with E-state index < -0.39 is 29.1 Å². The van der Waals surface area contributed by atoms with E-state index in [1.54, 1.807) is 29.2 Å². The maximum Gasteiger partial charge on any atom is 0.245 e. The first-order valence-electron chi connectivity index (χ1n) is 16.0. The van der Waals surface area contributed by atoms with Crippen LogP contribution in [-0.4, -0.2) is 109 Å². The summed E-state index contributed by atoms with van der Waals surface area (Å²) in [6.07, 6.45) is 3.64. The topological polar surface area (TPSA) is 130 Å². The van der Waals surface area contributed by atoms with Crippen molar-refractivity contribution in [3.05, 3.63) is 24.3 Å². The molecule has 5 rings (SSSR count). The number of ether oxygens (including phenoxy) is 3. The average molecular weight is 601 g/mol. The SMILES string of the molecule is CCOc1ccc(NC(=O)[C@@H]2[C@H]3C(=O)N(CCCCCCO)C(C(=O)NCCN4CCOCC4)C34CC(C)[C@@]2(C)O4)cc1. The van der Waals surface area contributed by atoms with Gasteiger partial charge in [-0.3, -0.25) is 19.3 Å². The van der Waals surface area contributed by atoms with Crippen molar-refractivity contribution < 1.29 is 33.7 Å². The fraction of sp³-hybridized carbons (Fsp3) is 0.719. The number of fused-ring (bicyclic) bond motifs is 1. The normalized spacial score (nSPS) is 31.7. The minimum atomic E-state index is -1.07. The number of amides is 3. The summed E-state index contributed by atoms with van der Waals surface area (Å²) in [6, 6.07) is 6.38. The fourth-order valence-corrected chi connectivity index (χ4v) is 7.71. The Morgan fingerprint density at radius 1 is 1.07 bits per heavy atom. The zero-order chi connectivity index (χ0) is 30.6. The van der Waals surface area contributed by atoms with Gasteiger partial charge in [0.05, 0.1) is 37.3 Å². The molecule has 11 heteroatoms. The molecule has 0 saturated carbocycles. The van der Waals surface area contributed by atoms with Crippen LogP contribution in [0.1, 0.15) is 52.9 Å². The van der Waals surface area contributed by atoms with E-state index in [9.17, 15) is 19.5 Å². The highest BCUT2D eigenvalue weighted by atomic mass is 16.5. The number of aliphatic hydroxyl groups excluding tert-OH is 1. The third-order valence-corrected chi connectivity index (χ3v) is 9.92. The number of likely N-dealkylation sites (tertiary alicyclic amines) is 1. The van der Waals surface area contributed by atoms with Crippen LogP contribution in [0, 0.1) is 17.8 Å². The lowest BCUT2D eigenvalue weighted by Crippen LogP contribution is -2.56. The van der Waals surface area contributed by atoms with E-state index in [0.29, 0.717) is 70.2 Å². The van der Waals surface area contributed by atoms with Crippen molar-refractivity contribution in [2.24, 2.45) is 17.8 Å². The number of morpholine rings is 1. The molecule has 238 valence electrons. The van der Waals surface area contributed by atoms with Gasteiger partial charge >= 0.3 is 0 Å². The predicted octanol–water partition coefficient (Wildman–Crippen LogP) is 2.04. The summed E-state index contributed by atoms with van der Waals surface area (Å²) in [5, 5.41) is 15.3. The molecule has 0 radical (unpaired) electrons. The van der Waals surface area contributed by atoms with Gasteiger partial charge in [-0.15, -0.1) is 0 Å². The number of anilines is 1. The largest absolute Gasteiger partial charge is 0.494 e. The quantitative estimate of drug-likeness (QED) is 0.277. The van der Waals surface area contributed by atoms with Gasteiger partial charge in [0.25, 0.3) is 0 Å². The fourth-order valence-electron chi connectivity index (χ4n) is 7.71. The number of carbonyl (C=O) groups is 3. The molecule has 11 nitrogen and oxygen atoms in total. The Hall–Kier alpha value is -2.73. The minimum absolute atomic E-state index is 0.0271. The predicted molar refractivity (Wildman–Crippen MR) is 161 cm³/mol. The van der Waals surface area contributed by atoms with Gasteiger partial charge in [-0.05, 0) is 63.3 Å². The summed E-state index contributed by atoms with van der Waals surface area (Å²) >= 11 is 0. The van der Waals surface area contributed by atoms with Gasteiger partial charge in [0.15, 0.2) is 0 Å². The second-order valence-corrected chi connectivity index (χ2v) is 12.6. The molecule has 1 spiro atoms. The molecule has 3 amide bonds. The molecule has 4 aliphatic rings. The molecule has 4 aliphatic heterocycles. The lowest BCUT2D eigenvalue weighted by Gasteiger charge is -2.36. The second kappa shape index (κ2) is 13.5. The average Bonchev–Trinajstić information content (AvgIpc) is 3.51. The molecule has 6 atom stereocenters. The van der Waals surface area contributed by atoms with Crippen molar-refractivity contribution in [3.8, 4) is 5.75 Å². The maximum atomic E-state index is 14.3. The molecule has 1 aromatic rings. The summed E-state index contributed by atoms with van der Waals surface area (Å²) in [5.41, 5.74) is -1.33. The van der Waals surface area contributed by atoms with Crippen molar-refractivity contribution in [2.75, 3.05) is 64.5 Å². The van der Waals surface area contributed by atoms with Crippen LogP contribution in [0.3, 0.4) is 0 Å². The van der Waals surface area contributed by atoms with Crippen molar-refractivity contribution in [1.29, 1.82) is 0 Å². The van der Waals surface area contributed by atoms with E-state index in [4.69, 9.17) is 14.2 Å². The highest BCUT2D eigenvalue weighted by molar-refractivity contribution is 6.02. The number of hydrogen-bond donors (Lipinski definition) is 3. The van der Waals surface area contributed by atoms with Crippen molar-refractivity contribution in [3.63, 3.8) is 0 Å². The molecule has 43 heavy (non-hydrogen) atoms. The third kappa shape index (κ3) is 6.14. The Morgan fingerprint density at radius 2 is 1.79 bits per heavy atom. The minimum Gasteiger partial charge on any atom is -0.494 e. The first kappa shape index (κ1) is 31.7. The highest BCUT2D eigenvalue weighted by Gasteiger charge is 2.79. The molecule has 2 bridgehead atoms. The van der Waals surface area contributed by atoms with Gasteiger partial charge in [-0.25, -0.2) is 0 Å². The second-order valence-electron chi connectivity index (χ2n) is 12.6. The van der Waals surface area contributed by atoms with E-state index in [1.807, 2.05) is 13.8 Å². The summed E-state index contributed by atoms with van der Waals surface area (Å²) in [6.45, 7) is 11.2. The van der Waals surface area contributed by atoms with E-state index in [-0.39, 0.29) is 30.2 Å². The number of aliphatic hydroxyl groups is 1. The number of hydrogen-bond acceptors (Lipinski definition) is 8. The van der Waals surface area contributed by atoms with Crippen LogP contribution in [0.5, 0.6) is 5.75 Å². The zero-order valence-corrected chi connectivity index (χ0v) is 25.8. The molecule has 1 aromatic carbocycles. The van der Waals surface area contributed by atoms with Crippen LogP contribution in [0.2, 0.25) is 0 Å². The summed E-state index contributed by atoms with van der Waals surface area (Å²) in [5.74, 6) is -1.47. The number of nitrogens with one attached hydrogen (secondary N) is 2. The molecule has 3 unspecified atom stereocenters. The Morgan fingerprint density at radius 3 is 2.49 bits per heavy atom. The summed E-state index contributed by atoms with van der Waals surface area (Å²) < 4.78 is 17.8. The zero-order valence-electron chi connectivity index (χ0n) is 25.8. The van der Waals surface area contributed by atoms with Crippen LogP contribution in [0.4, 0.5) is 5.69 Å². The van der Waals surface area contributed by atoms with E-state index >= 15 is 0 Å². The van der Waals surface area contributed by atoms with Gasteiger partial charge < -0.3 is 34.9 Å². The summed E-state index contributed by atoms with van der Waals surface area (Å²) in [7, 11) is 0. The number of rotatable bonds is 14. The summed E-state index contributed by atoms with van der Waals surface area (Å²) in [4.78, 5) is 46.2. The number of benzene rings is 1. The maximum absolute atomic E-state index is 14.3. The van der Waals surface area contributed by atoms with Crippen LogP contribution in [-0.2, 0) is 23.9 Å². The van der Waals surface area contributed by atoms with Crippen molar-refractivity contribution in [2.45, 2.75) is 70.1 Å². The van der Waals surface area contributed by atoms with Crippen LogP contribution >= 0.6 is 0 Å². The monoisotopic (exact) mass is 600 g/mol. The van der Waals surface area contributed by atoms with Crippen molar-refractivity contribution >= 4 is 23.4 Å². The molecule has 3 N–H and O–H groups in total. The van der Waals surface area contributed by atoms with E-state index in [0.717, 1.165) is 25.9 Å².